The molecule has 3 aromatic rings. The minimum Gasteiger partial charge on any atom is -0.505 e. The van der Waals surface area contributed by atoms with Crippen molar-refractivity contribution in [2.45, 2.75) is 0 Å². The summed E-state index contributed by atoms with van der Waals surface area (Å²) in [7, 11) is 1.80. The van der Waals surface area contributed by atoms with Crippen LogP contribution in [0.15, 0.2) is 48.0 Å². The molecule has 25 heavy (non-hydrogen) atoms. The molecule has 9 heteroatoms. The van der Waals surface area contributed by atoms with Crippen LogP contribution in [-0.2, 0) is 7.05 Å². The number of benzene rings is 1. The summed E-state index contributed by atoms with van der Waals surface area (Å²) in [5, 5.41) is 13.4. The highest BCUT2D eigenvalue weighted by Crippen LogP contribution is 2.32. The van der Waals surface area contributed by atoms with Gasteiger partial charge in [-0.2, -0.15) is 0 Å². The molecule has 128 valence electrons. The second-order valence-electron chi connectivity index (χ2n) is 5.27. The van der Waals surface area contributed by atoms with Gasteiger partial charge in [0.2, 0.25) is 0 Å². The van der Waals surface area contributed by atoms with Gasteiger partial charge < -0.3 is 15.4 Å². The second kappa shape index (κ2) is 6.57. The highest BCUT2D eigenvalue weighted by Gasteiger charge is 2.16. The highest BCUT2D eigenvalue weighted by molar-refractivity contribution is 5.98. The number of nitrogens with one attached hydrogen (secondary N) is 1. The van der Waals surface area contributed by atoms with Gasteiger partial charge in [0.1, 0.15) is 5.69 Å². The Labute approximate surface area is 142 Å². The van der Waals surface area contributed by atoms with E-state index in [1.807, 2.05) is 0 Å². The van der Waals surface area contributed by atoms with Crippen molar-refractivity contribution in [3.8, 4) is 28.4 Å². The second-order valence-corrected chi connectivity index (χ2v) is 5.27. The topological polar surface area (TPSA) is 127 Å². The Kier molecular flexibility index (Phi) is 4.31. The van der Waals surface area contributed by atoms with E-state index in [2.05, 4.69) is 20.6 Å². The van der Waals surface area contributed by atoms with Crippen molar-refractivity contribution in [2.75, 3.05) is 0 Å². The summed E-state index contributed by atoms with van der Waals surface area (Å²) in [5.41, 5.74) is 11.0. The Morgan fingerprint density at radius 3 is 2.80 bits per heavy atom. The smallest absolute Gasteiger partial charge is 0.164 e. The standard InChI is InChI=1S/C16H16FN7O/c1-24-8-21-14(15(24)9-2-3-11(17)13(25)7-9)12-6-10(4-5-20-12)16(18)22-23-19/h2-8,23,25H,19H2,1H3,(H2,18,22). The number of hydrazine groups is 1. The zero-order valence-corrected chi connectivity index (χ0v) is 13.3. The van der Waals surface area contributed by atoms with Crippen LogP contribution in [0.3, 0.4) is 0 Å². The Bertz CT molecular complexity index is 951. The number of nitrogens with two attached hydrogens (primary N) is 2. The fraction of sp³-hybridized carbons (Fsp3) is 0.0625. The van der Waals surface area contributed by atoms with Crippen LogP contribution in [-0.4, -0.2) is 25.5 Å². The van der Waals surface area contributed by atoms with E-state index in [-0.39, 0.29) is 5.84 Å². The first-order valence-corrected chi connectivity index (χ1v) is 7.27. The summed E-state index contributed by atoms with van der Waals surface area (Å²) in [6.07, 6.45) is 3.18. The predicted molar refractivity (Wildman–Crippen MR) is 91.5 cm³/mol. The predicted octanol–water partition coefficient (Wildman–Crippen LogP) is 1.08. The average Bonchev–Trinajstić information content (AvgIpc) is 2.99. The summed E-state index contributed by atoms with van der Waals surface area (Å²) in [5.74, 6) is 4.22. The average molecular weight is 341 g/mol. The number of aryl methyl sites for hydroxylation is 1. The van der Waals surface area contributed by atoms with Gasteiger partial charge in [-0.3, -0.25) is 4.98 Å². The van der Waals surface area contributed by atoms with Crippen LogP contribution in [0.25, 0.3) is 22.6 Å². The van der Waals surface area contributed by atoms with Gasteiger partial charge in [0.15, 0.2) is 17.4 Å². The summed E-state index contributed by atoms with van der Waals surface area (Å²) in [4.78, 5) is 8.68. The molecule has 3 rings (SSSR count). The third kappa shape index (κ3) is 3.12. The first kappa shape index (κ1) is 16.4. The van der Waals surface area contributed by atoms with Gasteiger partial charge in [-0.1, -0.05) is 0 Å². The molecule has 0 saturated carbocycles. The Morgan fingerprint density at radius 2 is 2.08 bits per heavy atom. The maximum Gasteiger partial charge on any atom is 0.164 e. The van der Waals surface area contributed by atoms with E-state index < -0.39 is 11.6 Å². The zero-order valence-electron chi connectivity index (χ0n) is 13.3. The number of rotatable bonds is 4. The third-order valence-electron chi connectivity index (χ3n) is 3.64. The van der Waals surface area contributed by atoms with Crippen molar-refractivity contribution in [3.63, 3.8) is 0 Å². The van der Waals surface area contributed by atoms with E-state index in [0.717, 1.165) is 0 Å². The van der Waals surface area contributed by atoms with Gasteiger partial charge in [-0.25, -0.2) is 20.8 Å². The number of hydrazone groups is 1. The minimum atomic E-state index is -0.689. The van der Waals surface area contributed by atoms with Gasteiger partial charge in [-0.05, 0) is 30.3 Å². The SMILES string of the molecule is Cn1cnc(-c2cc(/C(N)=N/NN)ccn2)c1-c1ccc(F)c(O)c1. The van der Waals surface area contributed by atoms with Crippen LogP contribution < -0.4 is 17.1 Å². The fourth-order valence-electron chi connectivity index (χ4n) is 2.47. The number of phenols is 1. The number of imidazole rings is 1. The maximum absolute atomic E-state index is 13.4. The molecule has 0 spiro atoms. The molecule has 2 heterocycles. The van der Waals surface area contributed by atoms with Crippen LogP contribution in [0.1, 0.15) is 5.56 Å². The van der Waals surface area contributed by atoms with E-state index in [4.69, 9.17) is 11.6 Å². The first-order valence-electron chi connectivity index (χ1n) is 7.27. The quantitative estimate of drug-likeness (QED) is 0.243. The fourth-order valence-corrected chi connectivity index (χ4v) is 2.47. The van der Waals surface area contributed by atoms with Crippen molar-refractivity contribution < 1.29 is 9.50 Å². The molecule has 0 bridgehead atoms. The van der Waals surface area contributed by atoms with Gasteiger partial charge in [0.05, 0.1) is 17.7 Å². The van der Waals surface area contributed by atoms with Gasteiger partial charge in [0, 0.05) is 24.4 Å². The van der Waals surface area contributed by atoms with E-state index >= 15 is 0 Å². The number of hydrogen-bond donors (Lipinski definition) is 4. The Morgan fingerprint density at radius 1 is 1.28 bits per heavy atom. The normalized spacial score (nSPS) is 11.6. The summed E-state index contributed by atoms with van der Waals surface area (Å²) >= 11 is 0. The summed E-state index contributed by atoms with van der Waals surface area (Å²) in [6, 6.07) is 7.50. The van der Waals surface area contributed by atoms with Crippen LogP contribution in [0.5, 0.6) is 5.75 Å². The van der Waals surface area contributed by atoms with Crippen molar-refractivity contribution in [2.24, 2.45) is 23.7 Å². The van der Waals surface area contributed by atoms with E-state index in [1.165, 1.54) is 12.1 Å². The number of aromatic nitrogens is 3. The molecule has 6 N–H and O–H groups in total. The molecule has 0 aliphatic rings. The lowest BCUT2D eigenvalue weighted by atomic mass is 10.1. The molecule has 0 aliphatic heterocycles. The van der Waals surface area contributed by atoms with Crippen molar-refractivity contribution in [1.29, 1.82) is 0 Å². The number of pyridine rings is 1. The molecule has 2 aromatic heterocycles. The van der Waals surface area contributed by atoms with Crippen LogP contribution in [0, 0.1) is 5.82 Å². The molecular weight excluding hydrogens is 325 g/mol. The zero-order chi connectivity index (χ0) is 18.0. The van der Waals surface area contributed by atoms with Gasteiger partial charge >= 0.3 is 0 Å². The number of hydrogen-bond acceptors (Lipinski definition) is 6. The van der Waals surface area contributed by atoms with Crippen LogP contribution in [0.4, 0.5) is 4.39 Å². The summed E-state index contributed by atoms with van der Waals surface area (Å²) < 4.78 is 15.1. The number of amidine groups is 1. The lowest BCUT2D eigenvalue weighted by molar-refractivity contribution is 0.432. The maximum atomic E-state index is 13.4. The first-order chi connectivity index (χ1) is 12.0. The number of aromatic hydroxyl groups is 1. The van der Waals surface area contributed by atoms with Gasteiger partial charge in [-0.15, -0.1) is 5.10 Å². The van der Waals surface area contributed by atoms with Crippen molar-refractivity contribution in [1.82, 2.24) is 20.1 Å². The third-order valence-corrected chi connectivity index (χ3v) is 3.64. The molecule has 0 aliphatic carbocycles. The highest BCUT2D eigenvalue weighted by atomic mass is 19.1. The molecule has 0 unspecified atom stereocenters. The number of halogens is 1. The minimum absolute atomic E-state index is 0.197. The Hall–Kier alpha value is -3.46. The Balaban J connectivity index is 2.12. The monoisotopic (exact) mass is 341 g/mol. The lowest BCUT2D eigenvalue weighted by Gasteiger charge is -2.08. The lowest BCUT2D eigenvalue weighted by Crippen LogP contribution is -2.23. The largest absolute Gasteiger partial charge is 0.505 e. The molecular formula is C16H16FN7O. The number of phenolic OH excluding ortho intramolecular Hbond substituents is 1. The van der Waals surface area contributed by atoms with E-state index in [0.29, 0.717) is 28.2 Å². The molecule has 0 amide bonds. The van der Waals surface area contributed by atoms with Crippen molar-refractivity contribution in [3.05, 3.63) is 54.2 Å². The molecule has 0 atom stereocenters. The van der Waals surface area contributed by atoms with Crippen molar-refractivity contribution >= 4 is 5.84 Å². The van der Waals surface area contributed by atoms with Crippen LogP contribution >= 0.6 is 0 Å². The molecule has 8 nitrogen and oxygen atoms in total. The van der Waals surface area contributed by atoms with E-state index in [9.17, 15) is 9.50 Å². The molecule has 0 saturated heterocycles. The number of nitrogens with zero attached hydrogens (tertiary/aromatic N) is 4. The molecule has 0 radical (unpaired) electrons. The van der Waals surface area contributed by atoms with E-state index in [1.54, 1.807) is 42.3 Å². The summed E-state index contributed by atoms with van der Waals surface area (Å²) in [6.45, 7) is 0. The molecule has 1 aromatic carbocycles. The molecule has 0 fully saturated rings. The van der Waals surface area contributed by atoms with Crippen LogP contribution in [0.2, 0.25) is 0 Å². The van der Waals surface area contributed by atoms with Gasteiger partial charge in [0.25, 0.3) is 0 Å².